The molecule has 0 bridgehead atoms. The molecule has 166 valence electrons. The molecular formula is C28H26ClN3O. The predicted molar refractivity (Wildman–Crippen MR) is 136 cm³/mol. The summed E-state index contributed by atoms with van der Waals surface area (Å²) in [5.74, 6) is 0.0470. The summed E-state index contributed by atoms with van der Waals surface area (Å²) in [7, 11) is 0. The summed E-state index contributed by atoms with van der Waals surface area (Å²) < 4.78 is 0. The fourth-order valence-electron chi connectivity index (χ4n) is 4.56. The van der Waals surface area contributed by atoms with Crippen molar-refractivity contribution in [3.05, 3.63) is 94.5 Å². The Morgan fingerprint density at radius 1 is 0.879 bits per heavy atom. The number of hydrogen-bond acceptors (Lipinski definition) is 3. The number of amides is 1. The van der Waals surface area contributed by atoms with Crippen LogP contribution in [0.2, 0.25) is 5.02 Å². The molecule has 5 heteroatoms. The molecule has 0 radical (unpaired) electrons. The number of fused-ring (bicyclic) bond motifs is 1. The van der Waals surface area contributed by atoms with Crippen molar-refractivity contribution in [1.82, 2.24) is 9.88 Å². The van der Waals surface area contributed by atoms with Crippen LogP contribution in [0.15, 0.2) is 72.8 Å². The van der Waals surface area contributed by atoms with Gasteiger partial charge in [-0.05, 0) is 49.7 Å². The first-order chi connectivity index (χ1) is 16.0. The second-order valence-corrected chi connectivity index (χ2v) is 9.03. The Morgan fingerprint density at radius 2 is 1.61 bits per heavy atom. The van der Waals surface area contributed by atoms with Crippen LogP contribution in [0.1, 0.15) is 21.5 Å². The van der Waals surface area contributed by atoms with Gasteiger partial charge < -0.3 is 9.80 Å². The van der Waals surface area contributed by atoms with Crippen LogP contribution in [0.4, 0.5) is 5.69 Å². The van der Waals surface area contributed by atoms with Crippen molar-refractivity contribution in [2.24, 2.45) is 0 Å². The minimum atomic E-state index is 0.0470. The number of rotatable bonds is 3. The monoisotopic (exact) mass is 455 g/mol. The highest BCUT2D eigenvalue weighted by molar-refractivity contribution is 6.33. The first-order valence-corrected chi connectivity index (χ1v) is 11.7. The van der Waals surface area contributed by atoms with Gasteiger partial charge in [-0.25, -0.2) is 4.98 Å². The maximum Gasteiger partial charge on any atom is 0.254 e. The summed E-state index contributed by atoms with van der Waals surface area (Å²) in [6.07, 6.45) is 0. The van der Waals surface area contributed by atoms with E-state index in [0.717, 1.165) is 40.8 Å². The number of hydrogen-bond donors (Lipinski definition) is 0. The highest BCUT2D eigenvalue weighted by atomic mass is 35.5. The van der Waals surface area contributed by atoms with Crippen LogP contribution in [0, 0.1) is 13.8 Å². The molecule has 0 N–H and O–H groups in total. The molecule has 1 aliphatic heterocycles. The maximum absolute atomic E-state index is 13.8. The number of aryl methyl sites for hydroxylation is 2. The van der Waals surface area contributed by atoms with E-state index in [4.69, 9.17) is 16.6 Å². The lowest BCUT2D eigenvalue weighted by molar-refractivity contribution is 0.0748. The van der Waals surface area contributed by atoms with Gasteiger partial charge in [0.15, 0.2) is 0 Å². The van der Waals surface area contributed by atoms with E-state index in [1.54, 1.807) is 0 Å². The molecule has 4 aromatic rings. The zero-order valence-corrected chi connectivity index (χ0v) is 19.6. The van der Waals surface area contributed by atoms with Crippen molar-refractivity contribution in [2.45, 2.75) is 13.8 Å². The van der Waals surface area contributed by atoms with E-state index in [9.17, 15) is 4.79 Å². The summed E-state index contributed by atoms with van der Waals surface area (Å²) in [5.41, 5.74) is 6.66. The number of carbonyl (C=O) groups excluding carboxylic acids is 1. The molecule has 0 spiro atoms. The Labute approximate surface area is 199 Å². The van der Waals surface area contributed by atoms with Gasteiger partial charge in [0.05, 0.1) is 16.8 Å². The number of anilines is 1. The van der Waals surface area contributed by atoms with Crippen LogP contribution in [0.25, 0.3) is 22.2 Å². The van der Waals surface area contributed by atoms with E-state index in [2.05, 4.69) is 42.2 Å². The van der Waals surface area contributed by atoms with Crippen molar-refractivity contribution >= 4 is 34.1 Å². The number of piperazine rings is 1. The SMILES string of the molecule is Cc1ccc2nc(-c3ccccc3Cl)cc(C(=O)N3CCN(c4ccccc4C)CC3)c2c1. The number of aromatic nitrogens is 1. The number of nitrogens with zero attached hydrogens (tertiary/aromatic N) is 3. The highest BCUT2D eigenvalue weighted by Crippen LogP contribution is 2.31. The van der Waals surface area contributed by atoms with Gasteiger partial charge in [0.2, 0.25) is 0 Å². The van der Waals surface area contributed by atoms with Crippen molar-refractivity contribution in [3.8, 4) is 11.3 Å². The van der Waals surface area contributed by atoms with Gasteiger partial charge in [0.25, 0.3) is 5.91 Å². The van der Waals surface area contributed by atoms with Crippen LogP contribution in [-0.4, -0.2) is 42.0 Å². The molecule has 0 aliphatic carbocycles. The largest absolute Gasteiger partial charge is 0.368 e. The lowest BCUT2D eigenvalue weighted by Crippen LogP contribution is -2.49. The summed E-state index contributed by atoms with van der Waals surface area (Å²) in [5, 5.41) is 1.51. The number of para-hydroxylation sites is 1. The average molecular weight is 456 g/mol. The van der Waals surface area contributed by atoms with E-state index < -0.39 is 0 Å². The van der Waals surface area contributed by atoms with Crippen molar-refractivity contribution in [1.29, 1.82) is 0 Å². The van der Waals surface area contributed by atoms with E-state index in [0.29, 0.717) is 23.7 Å². The third-order valence-electron chi connectivity index (χ3n) is 6.37. The summed E-state index contributed by atoms with van der Waals surface area (Å²) in [6.45, 7) is 7.17. The zero-order valence-electron chi connectivity index (χ0n) is 18.9. The van der Waals surface area contributed by atoms with Gasteiger partial charge in [-0.15, -0.1) is 0 Å². The molecular weight excluding hydrogens is 430 g/mol. The number of pyridine rings is 1. The zero-order chi connectivity index (χ0) is 22.9. The molecule has 1 aliphatic rings. The van der Waals surface area contributed by atoms with Gasteiger partial charge in [0.1, 0.15) is 0 Å². The normalized spacial score (nSPS) is 14.0. The average Bonchev–Trinajstić information content (AvgIpc) is 2.84. The van der Waals surface area contributed by atoms with Crippen molar-refractivity contribution < 1.29 is 4.79 Å². The van der Waals surface area contributed by atoms with Gasteiger partial charge >= 0.3 is 0 Å². The van der Waals surface area contributed by atoms with E-state index in [1.807, 2.05) is 54.3 Å². The van der Waals surface area contributed by atoms with E-state index >= 15 is 0 Å². The van der Waals surface area contributed by atoms with Gasteiger partial charge in [0, 0.05) is 47.8 Å². The van der Waals surface area contributed by atoms with Gasteiger partial charge in [-0.2, -0.15) is 0 Å². The van der Waals surface area contributed by atoms with Crippen molar-refractivity contribution in [3.63, 3.8) is 0 Å². The molecule has 33 heavy (non-hydrogen) atoms. The van der Waals surface area contributed by atoms with Crippen LogP contribution in [0.5, 0.6) is 0 Å². The molecule has 1 saturated heterocycles. The maximum atomic E-state index is 13.8. The Morgan fingerprint density at radius 3 is 2.36 bits per heavy atom. The van der Waals surface area contributed by atoms with E-state index in [1.165, 1.54) is 11.3 Å². The lowest BCUT2D eigenvalue weighted by atomic mass is 10.0. The molecule has 0 unspecified atom stereocenters. The van der Waals surface area contributed by atoms with E-state index in [-0.39, 0.29) is 5.91 Å². The highest BCUT2D eigenvalue weighted by Gasteiger charge is 2.25. The minimum absolute atomic E-state index is 0.0470. The van der Waals surface area contributed by atoms with Crippen LogP contribution in [0.3, 0.4) is 0 Å². The molecule has 4 nitrogen and oxygen atoms in total. The summed E-state index contributed by atoms with van der Waals surface area (Å²) >= 11 is 6.46. The molecule has 1 amide bonds. The minimum Gasteiger partial charge on any atom is -0.368 e. The molecule has 1 fully saturated rings. The third-order valence-corrected chi connectivity index (χ3v) is 6.70. The number of carbonyl (C=O) groups is 1. The molecule has 1 aromatic heterocycles. The first-order valence-electron chi connectivity index (χ1n) is 11.3. The second-order valence-electron chi connectivity index (χ2n) is 8.62. The second kappa shape index (κ2) is 8.87. The molecule has 0 atom stereocenters. The molecule has 0 saturated carbocycles. The Balaban J connectivity index is 1.49. The Bertz CT molecular complexity index is 1340. The lowest BCUT2D eigenvalue weighted by Gasteiger charge is -2.37. The molecule has 2 heterocycles. The Kier molecular flexibility index (Phi) is 5.77. The number of benzene rings is 3. The smallest absolute Gasteiger partial charge is 0.254 e. The van der Waals surface area contributed by atoms with Crippen LogP contribution in [-0.2, 0) is 0 Å². The fourth-order valence-corrected chi connectivity index (χ4v) is 4.80. The fraction of sp³-hybridized carbons (Fsp3) is 0.214. The standard InChI is InChI=1S/C28H26ClN3O/c1-19-11-12-25-22(17-19)23(18-26(30-25)21-8-4-5-9-24(21)29)28(33)32-15-13-31(14-16-32)27-10-6-3-7-20(27)2/h3-12,17-18H,13-16H2,1-2H3. The third kappa shape index (κ3) is 4.19. The quantitative estimate of drug-likeness (QED) is 0.372. The molecule has 5 rings (SSSR count). The topological polar surface area (TPSA) is 36.4 Å². The molecule has 3 aromatic carbocycles. The Hall–Kier alpha value is -3.37. The predicted octanol–water partition coefficient (Wildman–Crippen LogP) is 6.13. The van der Waals surface area contributed by atoms with Crippen LogP contribution < -0.4 is 4.90 Å². The summed E-state index contributed by atoms with van der Waals surface area (Å²) in [4.78, 5) is 22.9. The summed E-state index contributed by atoms with van der Waals surface area (Å²) in [6, 6.07) is 24.0. The van der Waals surface area contributed by atoms with Crippen LogP contribution >= 0.6 is 11.6 Å². The van der Waals surface area contributed by atoms with Crippen molar-refractivity contribution in [2.75, 3.05) is 31.1 Å². The number of halogens is 1. The van der Waals surface area contributed by atoms with Gasteiger partial charge in [-0.1, -0.05) is 59.6 Å². The first kappa shape index (κ1) is 21.5. The van der Waals surface area contributed by atoms with Gasteiger partial charge in [-0.3, -0.25) is 4.79 Å².